The van der Waals surface area contributed by atoms with Crippen LogP contribution in [-0.2, 0) is 4.79 Å². The van der Waals surface area contributed by atoms with E-state index in [0.717, 1.165) is 12.5 Å². The Balaban J connectivity index is 1.94. The van der Waals surface area contributed by atoms with E-state index in [1.165, 1.54) is 19.3 Å². The highest BCUT2D eigenvalue weighted by Gasteiger charge is 2.24. The highest BCUT2D eigenvalue weighted by atomic mass is 35.5. The molecular weight excluding hydrogens is 274 g/mol. The van der Waals surface area contributed by atoms with Gasteiger partial charge in [0.2, 0.25) is 5.91 Å². The third-order valence-electron chi connectivity index (χ3n) is 4.08. The molecule has 2 rings (SSSR count). The summed E-state index contributed by atoms with van der Waals surface area (Å²) < 4.78 is 0. The molecule has 5 heteroatoms. The topological polar surface area (TPSA) is 58.4 Å². The predicted octanol–water partition coefficient (Wildman–Crippen LogP) is 2.98. The van der Waals surface area contributed by atoms with Crippen molar-refractivity contribution in [2.75, 3.05) is 24.6 Å². The SMILES string of the molecule is CC(C(=O)Nc1cc(Cl)ccc1N)N(C)CC1CCC1. The van der Waals surface area contributed by atoms with Gasteiger partial charge in [-0.1, -0.05) is 18.0 Å². The molecule has 0 radical (unpaired) electrons. The normalized spacial score (nSPS) is 16.8. The average molecular weight is 296 g/mol. The molecule has 1 aromatic rings. The fraction of sp³-hybridized carbons (Fsp3) is 0.533. The Labute approximate surface area is 125 Å². The van der Waals surface area contributed by atoms with E-state index in [-0.39, 0.29) is 11.9 Å². The fourth-order valence-electron chi connectivity index (χ4n) is 2.31. The number of carbonyl (C=O) groups is 1. The van der Waals surface area contributed by atoms with E-state index in [1.54, 1.807) is 18.2 Å². The second-order valence-electron chi connectivity index (χ2n) is 5.63. The predicted molar refractivity (Wildman–Crippen MR) is 83.9 cm³/mol. The monoisotopic (exact) mass is 295 g/mol. The van der Waals surface area contributed by atoms with Crippen molar-refractivity contribution in [2.24, 2.45) is 5.92 Å². The molecule has 1 fully saturated rings. The number of amides is 1. The van der Waals surface area contributed by atoms with Crippen LogP contribution in [0.15, 0.2) is 18.2 Å². The van der Waals surface area contributed by atoms with E-state index in [1.807, 2.05) is 14.0 Å². The number of hydrogen-bond donors (Lipinski definition) is 2. The summed E-state index contributed by atoms with van der Waals surface area (Å²) in [7, 11) is 1.99. The lowest BCUT2D eigenvalue weighted by molar-refractivity contribution is -0.120. The first-order chi connectivity index (χ1) is 9.47. The van der Waals surface area contributed by atoms with Crippen molar-refractivity contribution < 1.29 is 4.79 Å². The maximum atomic E-state index is 12.3. The minimum atomic E-state index is -0.186. The maximum Gasteiger partial charge on any atom is 0.241 e. The van der Waals surface area contributed by atoms with Gasteiger partial charge in [0.05, 0.1) is 17.4 Å². The number of nitrogen functional groups attached to an aromatic ring is 1. The Morgan fingerprint density at radius 3 is 2.85 bits per heavy atom. The van der Waals surface area contributed by atoms with Gasteiger partial charge >= 0.3 is 0 Å². The number of nitrogens with zero attached hydrogens (tertiary/aromatic N) is 1. The van der Waals surface area contributed by atoms with Gasteiger partial charge in [0.25, 0.3) is 0 Å². The molecule has 0 saturated heterocycles. The lowest BCUT2D eigenvalue weighted by Crippen LogP contribution is -2.43. The number of nitrogens with one attached hydrogen (secondary N) is 1. The Morgan fingerprint density at radius 2 is 2.25 bits per heavy atom. The summed E-state index contributed by atoms with van der Waals surface area (Å²) in [5, 5.41) is 3.41. The number of benzene rings is 1. The minimum absolute atomic E-state index is 0.0548. The summed E-state index contributed by atoms with van der Waals surface area (Å²) in [6.07, 6.45) is 3.87. The Hall–Kier alpha value is -1.26. The third kappa shape index (κ3) is 3.64. The van der Waals surface area contributed by atoms with Gasteiger partial charge in [-0.25, -0.2) is 0 Å². The van der Waals surface area contributed by atoms with Crippen LogP contribution < -0.4 is 11.1 Å². The van der Waals surface area contributed by atoms with Gasteiger partial charge in [-0.05, 0) is 50.9 Å². The second-order valence-corrected chi connectivity index (χ2v) is 6.07. The molecule has 0 heterocycles. The van der Waals surface area contributed by atoms with Gasteiger partial charge in [-0.15, -0.1) is 0 Å². The zero-order chi connectivity index (χ0) is 14.7. The van der Waals surface area contributed by atoms with Crippen LogP contribution in [0.3, 0.4) is 0 Å². The summed E-state index contributed by atoms with van der Waals surface area (Å²) in [6.45, 7) is 2.88. The van der Waals surface area contributed by atoms with Crippen LogP contribution >= 0.6 is 11.6 Å². The van der Waals surface area contributed by atoms with Crippen LogP contribution in [0, 0.1) is 5.92 Å². The lowest BCUT2D eigenvalue weighted by atomic mass is 9.85. The van der Waals surface area contributed by atoms with Crippen molar-refractivity contribution >= 4 is 28.9 Å². The van der Waals surface area contributed by atoms with E-state index < -0.39 is 0 Å². The van der Waals surface area contributed by atoms with Crippen LogP contribution in [0.1, 0.15) is 26.2 Å². The molecule has 0 aromatic heterocycles. The van der Waals surface area contributed by atoms with Crippen LogP contribution in [0.25, 0.3) is 0 Å². The molecule has 1 aliphatic rings. The van der Waals surface area contributed by atoms with Crippen LogP contribution in [0.4, 0.5) is 11.4 Å². The molecule has 1 atom stereocenters. The lowest BCUT2D eigenvalue weighted by Gasteiger charge is -2.32. The fourth-order valence-corrected chi connectivity index (χ4v) is 2.49. The molecular formula is C15H22ClN3O. The molecule has 110 valence electrons. The quantitative estimate of drug-likeness (QED) is 0.821. The van der Waals surface area contributed by atoms with Crippen molar-refractivity contribution in [3.63, 3.8) is 0 Å². The molecule has 1 aliphatic carbocycles. The summed E-state index contributed by atoms with van der Waals surface area (Å²) in [5.41, 5.74) is 6.94. The van der Waals surface area contributed by atoms with Crippen LogP contribution in [0.5, 0.6) is 0 Å². The largest absolute Gasteiger partial charge is 0.397 e. The summed E-state index contributed by atoms with van der Waals surface area (Å²) >= 11 is 5.92. The smallest absolute Gasteiger partial charge is 0.241 e. The average Bonchev–Trinajstić information content (AvgIpc) is 2.37. The molecule has 1 unspecified atom stereocenters. The highest BCUT2D eigenvalue weighted by molar-refractivity contribution is 6.31. The molecule has 20 heavy (non-hydrogen) atoms. The van der Waals surface area contributed by atoms with Crippen LogP contribution in [0.2, 0.25) is 5.02 Å². The minimum Gasteiger partial charge on any atom is -0.397 e. The zero-order valence-electron chi connectivity index (χ0n) is 12.0. The van der Waals surface area contributed by atoms with Gasteiger partial charge in [0.15, 0.2) is 0 Å². The summed E-state index contributed by atoms with van der Waals surface area (Å²) in [4.78, 5) is 14.4. The van der Waals surface area contributed by atoms with E-state index in [4.69, 9.17) is 17.3 Å². The molecule has 1 saturated carbocycles. The maximum absolute atomic E-state index is 12.3. The molecule has 0 aliphatic heterocycles. The van der Waals surface area contributed by atoms with Crippen molar-refractivity contribution in [3.05, 3.63) is 23.2 Å². The number of carbonyl (C=O) groups excluding carboxylic acids is 1. The summed E-state index contributed by atoms with van der Waals surface area (Å²) in [6, 6.07) is 4.89. The highest BCUT2D eigenvalue weighted by Crippen LogP contribution is 2.27. The molecule has 0 bridgehead atoms. The van der Waals surface area contributed by atoms with Gasteiger partial charge < -0.3 is 11.1 Å². The number of rotatable bonds is 5. The molecule has 1 aromatic carbocycles. The van der Waals surface area contributed by atoms with E-state index in [0.29, 0.717) is 16.4 Å². The Bertz CT molecular complexity index is 488. The second kappa shape index (κ2) is 6.46. The van der Waals surface area contributed by atoms with Crippen molar-refractivity contribution in [1.29, 1.82) is 0 Å². The van der Waals surface area contributed by atoms with E-state index in [2.05, 4.69) is 10.2 Å². The first kappa shape index (κ1) is 15.1. The van der Waals surface area contributed by atoms with Gasteiger partial charge in [0, 0.05) is 11.6 Å². The molecule has 1 amide bonds. The first-order valence-electron chi connectivity index (χ1n) is 7.03. The first-order valence-corrected chi connectivity index (χ1v) is 7.41. The Kier molecular flexibility index (Phi) is 4.89. The number of halogens is 1. The van der Waals surface area contributed by atoms with E-state index >= 15 is 0 Å². The number of anilines is 2. The van der Waals surface area contributed by atoms with Gasteiger partial charge in [-0.3, -0.25) is 9.69 Å². The Morgan fingerprint density at radius 1 is 1.55 bits per heavy atom. The number of likely N-dealkylation sites (N-methyl/N-ethyl adjacent to an activating group) is 1. The number of nitrogens with two attached hydrogens (primary N) is 1. The summed E-state index contributed by atoms with van der Waals surface area (Å²) in [5.74, 6) is 0.687. The zero-order valence-corrected chi connectivity index (χ0v) is 12.8. The number of hydrogen-bond acceptors (Lipinski definition) is 3. The van der Waals surface area contributed by atoms with Crippen molar-refractivity contribution in [3.8, 4) is 0 Å². The van der Waals surface area contributed by atoms with Crippen molar-refractivity contribution in [2.45, 2.75) is 32.2 Å². The molecule has 3 N–H and O–H groups in total. The molecule has 4 nitrogen and oxygen atoms in total. The third-order valence-corrected chi connectivity index (χ3v) is 4.32. The van der Waals surface area contributed by atoms with E-state index in [9.17, 15) is 4.79 Å². The molecule has 0 spiro atoms. The van der Waals surface area contributed by atoms with Gasteiger partial charge in [0.1, 0.15) is 0 Å². The standard InChI is InChI=1S/C15H22ClN3O/c1-10(19(2)9-11-4-3-5-11)15(20)18-14-8-12(16)6-7-13(14)17/h6-8,10-11H,3-5,9,17H2,1-2H3,(H,18,20). The van der Waals surface area contributed by atoms with Gasteiger partial charge in [-0.2, -0.15) is 0 Å². The van der Waals surface area contributed by atoms with Crippen LogP contribution in [-0.4, -0.2) is 30.4 Å². The van der Waals surface area contributed by atoms with Crippen molar-refractivity contribution in [1.82, 2.24) is 4.90 Å².